The van der Waals surface area contributed by atoms with Crippen molar-refractivity contribution >= 4 is 29.3 Å². The van der Waals surface area contributed by atoms with Crippen molar-refractivity contribution in [3.8, 4) is 0 Å². The third kappa shape index (κ3) is 4.58. The van der Waals surface area contributed by atoms with E-state index in [0.717, 1.165) is 18.0 Å². The highest BCUT2D eigenvalue weighted by atomic mass is 35.5. The number of carbonyl (C=O) groups excluding carboxylic acids is 1. The molecule has 0 aliphatic heterocycles. The number of likely N-dealkylation sites (N-methyl/N-ethyl adjacent to an activating group) is 1. The maximum atomic E-state index is 11.9. The van der Waals surface area contributed by atoms with E-state index in [0.29, 0.717) is 17.1 Å². The van der Waals surface area contributed by atoms with Gasteiger partial charge in [0.15, 0.2) is 0 Å². The lowest BCUT2D eigenvalue weighted by molar-refractivity contribution is 0.0954. The molecule has 0 fully saturated rings. The molecule has 3 nitrogen and oxygen atoms in total. The van der Waals surface area contributed by atoms with Crippen molar-refractivity contribution in [1.82, 2.24) is 10.6 Å². The molecule has 0 unspecified atom stereocenters. The molecule has 0 spiro atoms. The second-order valence-corrected chi connectivity index (χ2v) is 4.74. The first kappa shape index (κ1) is 14.4. The Morgan fingerprint density at radius 3 is 2.82 bits per heavy atom. The summed E-state index contributed by atoms with van der Waals surface area (Å²) in [5, 5.41) is 6.46. The van der Waals surface area contributed by atoms with Crippen LogP contribution >= 0.6 is 23.4 Å². The molecule has 0 saturated carbocycles. The number of thioether (sulfide) groups is 1. The fourth-order valence-corrected chi connectivity index (χ4v) is 1.98. The van der Waals surface area contributed by atoms with Gasteiger partial charge in [-0.3, -0.25) is 4.79 Å². The molecule has 1 aromatic rings. The van der Waals surface area contributed by atoms with Gasteiger partial charge in [-0.1, -0.05) is 18.5 Å². The van der Waals surface area contributed by atoms with Gasteiger partial charge in [-0.05, 0) is 31.0 Å². The largest absolute Gasteiger partial charge is 0.351 e. The molecule has 0 radical (unpaired) electrons. The lowest BCUT2D eigenvalue weighted by Crippen LogP contribution is -2.31. The maximum absolute atomic E-state index is 11.9. The van der Waals surface area contributed by atoms with Crippen LogP contribution in [0.3, 0.4) is 0 Å². The highest BCUT2D eigenvalue weighted by Crippen LogP contribution is 2.22. The van der Waals surface area contributed by atoms with E-state index in [1.54, 1.807) is 17.8 Å². The first-order chi connectivity index (χ1) is 8.19. The minimum absolute atomic E-state index is 0.121. The van der Waals surface area contributed by atoms with E-state index in [2.05, 4.69) is 10.6 Å². The van der Waals surface area contributed by atoms with Crippen molar-refractivity contribution in [2.75, 3.05) is 25.9 Å². The van der Waals surface area contributed by atoms with Crippen molar-refractivity contribution in [2.45, 2.75) is 11.8 Å². The predicted octanol–water partition coefficient (Wildman–Crippen LogP) is 2.40. The highest BCUT2D eigenvalue weighted by molar-refractivity contribution is 7.98. The number of amides is 1. The van der Waals surface area contributed by atoms with E-state index in [9.17, 15) is 4.79 Å². The number of hydrogen-bond acceptors (Lipinski definition) is 3. The van der Waals surface area contributed by atoms with Gasteiger partial charge in [-0.15, -0.1) is 11.8 Å². The smallest absolute Gasteiger partial charge is 0.252 e. The standard InChI is InChI=1S/C12H17ClN2OS/c1-3-14-6-7-15-12(16)10-8-9(17-2)4-5-11(10)13/h4-5,8,14H,3,6-7H2,1-2H3,(H,15,16). The highest BCUT2D eigenvalue weighted by Gasteiger charge is 2.10. The summed E-state index contributed by atoms with van der Waals surface area (Å²) in [7, 11) is 0. The molecular weight excluding hydrogens is 256 g/mol. The summed E-state index contributed by atoms with van der Waals surface area (Å²) in [6.07, 6.45) is 1.97. The van der Waals surface area contributed by atoms with Gasteiger partial charge in [-0.25, -0.2) is 0 Å². The molecular formula is C12H17ClN2OS. The summed E-state index contributed by atoms with van der Waals surface area (Å²) in [6.45, 7) is 4.30. The van der Waals surface area contributed by atoms with Crippen LogP contribution in [0.2, 0.25) is 5.02 Å². The Hall–Kier alpha value is -0.710. The van der Waals surface area contributed by atoms with Crippen LogP contribution in [0.15, 0.2) is 23.1 Å². The zero-order valence-corrected chi connectivity index (χ0v) is 11.6. The third-order valence-electron chi connectivity index (χ3n) is 2.26. The van der Waals surface area contributed by atoms with Crippen LogP contribution in [-0.4, -0.2) is 31.8 Å². The summed E-state index contributed by atoms with van der Waals surface area (Å²) in [5.74, 6) is -0.121. The Kier molecular flexibility index (Phi) is 6.40. The summed E-state index contributed by atoms with van der Waals surface area (Å²) in [5.41, 5.74) is 0.537. The first-order valence-electron chi connectivity index (χ1n) is 5.51. The number of rotatable bonds is 6. The van der Waals surface area contributed by atoms with E-state index in [1.165, 1.54) is 0 Å². The monoisotopic (exact) mass is 272 g/mol. The van der Waals surface area contributed by atoms with Crippen molar-refractivity contribution in [2.24, 2.45) is 0 Å². The van der Waals surface area contributed by atoms with Crippen LogP contribution in [0.1, 0.15) is 17.3 Å². The second-order valence-electron chi connectivity index (χ2n) is 3.46. The molecule has 5 heteroatoms. The quantitative estimate of drug-likeness (QED) is 0.617. The van der Waals surface area contributed by atoms with E-state index < -0.39 is 0 Å². The number of halogens is 1. The minimum Gasteiger partial charge on any atom is -0.351 e. The van der Waals surface area contributed by atoms with Gasteiger partial charge in [0.05, 0.1) is 10.6 Å². The molecule has 0 atom stereocenters. The minimum atomic E-state index is -0.121. The molecule has 0 saturated heterocycles. The van der Waals surface area contributed by atoms with Crippen LogP contribution in [0, 0.1) is 0 Å². The van der Waals surface area contributed by atoms with E-state index >= 15 is 0 Å². The SMILES string of the molecule is CCNCCNC(=O)c1cc(SC)ccc1Cl. The zero-order chi connectivity index (χ0) is 12.7. The fraction of sp³-hybridized carbons (Fsp3) is 0.417. The molecule has 0 heterocycles. The van der Waals surface area contributed by atoms with Crippen LogP contribution < -0.4 is 10.6 Å². The van der Waals surface area contributed by atoms with Crippen molar-refractivity contribution in [3.63, 3.8) is 0 Å². The predicted molar refractivity (Wildman–Crippen MR) is 74.1 cm³/mol. The second kappa shape index (κ2) is 7.58. The summed E-state index contributed by atoms with van der Waals surface area (Å²) in [6, 6.07) is 5.48. The lowest BCUT2D eigenvalue weighted by atomic mass is 10.2. The lowest BCUT2D eigenvalue weighted by Gasteiger charge is -2.08. The van der Waals surface area contributed by atoms with Gasteiger partial charge < -0.3 is 10.6 Å². The Balaban J connectivity index is 2.61. The average Bonchev–Trinajstić information content (AvgIpc) is 2.35. The van der Waals surface area contributed by atoms with Crippen molar-refractivity contribution in [3.05, 3.63) is 28.8 Å². The van der Waals surface area contributed by atoms with E-state index in [-0.39, 0.29) is 5.91 Å². The summed E-state index contributed by atoms with van der Waals surface area (Å²) < 4.78 is 0. The van der Waals surface area contributed by atoms with E-state index in [1.807, 2.05) is 25.3 Å². The number of hydrogen-bond donors (Lipinski definition) is 2. The summed E-state index contributed by atoms with van der Waals surface area (Å²) in [4.78, 5) is 12.9. The molecule has 0 aliphatic rings. The number of nitrogens with one attached hydrogen (secondary N) is 2. The van der Waals surface area contributed by atoms with Crippen molar-refractivity contribution in [1.29, 1.82) is 0 Å². The van der Waals surface area contributed by atoms with Crippen LogP contribution in [0.5, 0.6) is 0 Å². The molecule has 0 aromatic heterocycles. The van der Waals surface area contributed by atoms with E-state index in [4.69, 9.17) is 11.6 Å². The van der Waals surface area contributed by atoms with Gasteiger partial charge in [0.25, 0.3) is 5.91 Å². The van der Waals surface area contributed by atoms with Crippen LogP contribution in [0.4, 0.5) is 0 Å². The third-order valence-corrected chi connectivity index (χ3v) is 3.31. The molecule has 0 aliphatic carbocycles. The average molecular weight is 273 g/mol. The Morgan fingerprint density at radius 1 is 1.41 bits per heavy atom. The topological polar surface area (TPSA) is 41.1 Å². The van der Waals surface area contributed by atoms with Gasteiger partial charge in [0, 0.05) is 18.0 Å². The molecule has 1 rings (SSSR count). The Labute approximate surface area is 111 Å². The molecule has 1 aromatic carbocycles. The van der Waals surface area contributed by atoms with Crippen LogP contribution in [0.25, 0.3) is 0 Å². The molecule has 17 heavy (non-hydrogen) atoms. The molecule has 0 bridgehead atoms. The van der Waals surface area contributed by atoms with Crippen LogP contribution in [-0.2, 0) is 0 Å². The van der Waals surface area contributed by atoms with Gasteiger partial charge in [0.1, 0.15) is 0 Å². The van der Waals surface area contributed by atoms with Gasteiger partial charge in [0.2, 0.25) is 0 Å². The number of carbonyl (C=O) groups is 1. The first-order valence-corrected chi connectivity index (χ1v) is 7.11. The van der Waals surface area contributed by atoms with Gasteiger partial charge in [-0.2, -0.15) is 0 Å². The molecule has 2 N–H and O–H groups in total. The molecule has 1 amide bonds. The summed E-state index contributed by atoms with van der Waals surface area (Å²) >= 11 is 7.59. The number of benzene rings is 1. The normalized spacial score (nSPS) is 10.3. The zero-order valence-electron chi connectivity index (χ0n) is 10.0. The fourth-order valence-electron chi connectivity index (χ4n) is 1.34. The maximum Gasteiger partial charge on any atom is 0.252 e. The van der Waals surface area contributed by atoms with Gasteiger partial charge >= 0.3 is 0 Å². The Morgan fingerprint density at radius 2 is 2.18 bits per heavy atom. The molecule has 94 valence electrons. The van der Waals surface area contributed by atoms with Crippen molar-refractivity contribution < 1.29 is 4.79 Å². The Bertz CT molecular complexity index is 385.